The Kier molecular flexibility index (Phi) is 5.66. The fraction of sp³-hybridized carbons (Fsp3) is 0.562. The molecule has 0 radical (unpaired) electrons. The lowest BCUT2D eigenvalue weighted by atomic mass is 10.2. The van der Waals surface area contributed by atoms with Crippen LogP contribution in [0.4, 0.5) is 11.4 Å². The molecule has 0 atom stereocenters. The number of nitro benzene ring substituents is 1. The van der Waals surface area contributed by atoms with Crippen LogP contribution in [-0.2, 0) is 14.6 Å². The van der Waals surface area contributed by atoms with Crippen molar-refractivity contribution in [3.8, 4) is 0 Å². The molecule has 0 unspecified atom stereocenters. The first-order chi connectivity index (χ1) is 11.6. The third-order valence-corrected chi connectivity index (χ3v) is 5.33. The van der Waals surface area contributed by atoms with E-state index < -0.39 is 20.4 Å². The molecule has 0 aliphatic carbocycles. The van der Waals surface area contributed by atoms with Gasteiger partial charge in [-0.25, -0.2) is 8.42 Å². The number of carbonyl (C=O) groups is 1. The van der Waals surface area contributed by atoms with Crippen LogP contribution in [0.1, 0.15) is 20.3 Å². The Bertz CT molecular complexity index is 776. The number of sulfone groups is 1. The molecular formula is C16H23N3O5S. The second kappa shape index (κ2) is 7.38. The molecule has 2 rings (SSSR count). The summed E-state index contributed by atoms with van der Waals surface area (Å²) in [5.41, 5.74) is -0.111. The number of nitro groups is 1. The molecular weight excluding hydrogens is 346 g/mol. The van der Waals surface area contributed by atoms with E-state index >= 15 is 0 Å². The van der Waals surface area contributed by atoms with Gasteiger partial charge >= 0.3 is 5.69 Å². The molecule has 0 spiro atoms. The van der Waals surface area contributed by atoms with E-state index in [1.807, 2.05) is 13.8 Å². The number of benzene rings is 1. The number of nitrogens with zero attached hydrogens (tertiary/aromatic N) is 3. The second-order valence-corrected chi connectivity index (χ2v) is 8.46. The number of rotatable bonds is 4. The van der Waals surface area contributed by atoms with Crippen LogP contribution in [0.15, 0.2) is 23.1 Å². The summed E-state index contributed by atoms with van der Waals surface area (Å²) in [4.78, 5) is 26.3. The zero-order valence-electron chi connectivity index (χ0n) is 14.6. The molecule has 0 bridgehead atoms. The first-order valence-corrected chi connectivity index (χ1v) is 10.0. The number of hydrogen-bond acceptors (Lipinski definition) is 6. The van der Waals surface area contributed by atoms with Crippen molar-refractivity contribution in [2.75, 3.05) is 37.3 Å². The molecule has 1 aliphatic rings. The van der Waals surface area contributed by atoms with Crippen LogP contribution >= 0.6 is 0 Å². The number of carbonyl (C=O) groups excluding carboxylic acids is 1. The van der Waals surface area contributed by atoms with Crippen molar-refractivity contribution < 1.29 is 18.1 Å². The Balaban J connectivity index is 2.36. The van der Waals surface area contributed by atoms with Gasteiger partial charge in [0.25, 0.3) is 0 Å². The smallest absolute Gasteiger partial charge is 0.311 e. The molecule has 0 aromatic heterocycles. The van der Waals surface area contributed by atoms with E-state index in [2.05, 4.69) is 0 Å². The van der Waals surface area contributed by atoms with E-state index in [4.69, 9.17) is 0 Å². The quantitative estimate of drug-likeness (QED) is 0.591. The molecule has 1 saturated heterocycles. The van der Waals surface area contributed by atoms with Crippen LogP contribution in [0.25, 0.3) is 0 Å². The average Bonchev–Trinajstić information content (AvgIpc) is 2.78. The first-order valence-electron chi connectivity index (χ1n) is 8.14. The van der Waals surface area contributed by atoms with Gasteiger partial charge in [0.2, 0.25) is 5.91 Å². The number of anilines is 1. The van der Waals surface area contributed by atoms with Gasteiger partial charge in [0.1, 0.15) is 10.6 Å². The zero-order valence-corrected chi connectivity index (χ0v) is 15.5. The van der Waals surface area contributed by atoms with Crippen LogP contribution in [0.3, 0.4) is 0 Å². The third-order valence-electron chi connectivity index (χ3n) is 4.20. The molecule has 1 amide bonds. The van der Waals surface area contributed by atoms with E-state index in [9.17, 15) is 23.3 Å². The number of hydrogen-bond donors (Lipinski definition) is 0. The van der Waals surface area contributed by atoms with Gasteiger partial charge in [-0.15, -0.1) is 0 Å². The molecule has 138 valence electrons. The van der Waals surface area contributed by atoms with Gasteiger partial charge in [0, 0.05) is 38.4 Å². The Morgan fingerprint density at radius 2 is 1.88 bits per heavy atom. The topological polar surface area (TPSA) is 101 Å². The summed E-state index contributed by atoms with van der Waals surface area (Å²) < 4.78 is 23.8. The second-order valence-electron chi connectivity index (χ2n) is 6.47. The molecule has 1 aliphatic heterocycles. The Morgan fingerprint density at radius 3 is 2.44 bits per heavy atom. The Hall–Kier alpha value is -2.16. The zero-order chi connectivity index (χ0) is 18.8. The fourth-order valence-corrected chi connectivity index (χ4v) is 3.85. The summed E-state index contributed by atoms with van der Waals surface area (Å²) in [5.74, 6) is -0.0457. The molecule has 1 fully saturated rings. The number of amides is 1. The summed E-state index contributed by atoms with van der Waals surface area (Å²) in [6.45, 7) is 5.67. The van der Waals surface area contributed by atoms with E-state index in [0.29, 0.717) is 32.6 Å². The molecule has 8 nitrogen and oxygen atoms in total. The normalized spacial score (nSPS) is 16.0. The van der Waals surface area contributed by atoms with Gasteiger partial charge in [-0.05, 0) is 18.6 Å². The summed E-state index contributed by atoms with van der Waals surface area (Å²) >= 11 is 0. The monoisotopic (exact) mass is 369 g/mol. The average molecular weight is 369 g/mol. The minimum Gasteiger partial charge on any atom is -0.364 e. The predicted molar refractivity (Wildman–Crippen MR) is 94.5 cm³/mol. The van der Waals surface area contributed by atoms with Gasteiger partial charge in [0.15, 0.2) is 9.84 Å². The van der Waals surface area contributed by atoms with Crippen molar-refractivity contribution in [3.05, 3.63) is 28.3 Å². The van der Waals surface area contributed by atoms with E-state index in [0.717, 1.165) is 6.26 Å². The first kappa shape index (κ1) is 19.2. The van der Waals surface area contributed by atoms with Crippen LogP contribution in [-0.4, -0.2) is 56.6 Å². The standard InChI is InChI=1S/C16H23N3O5S/c1-12(2)16(20)18-9-5-8-17(10-11-18)13-6-4-7-14(25(3,23)24)15(13)19(21)22/h4,6-7,12H,5,8-11H2,1-3H3. The molecule has 0 N–H and O–H groups in total. The van der Waals surface area contributed by atoms with Crippen LogP contribution in [0.5, 0.6) is 0 Å². The maximum atomic E-state index is 12.2. The van der Waals surface area contributed by atoms with Gasteiger partial charge in [-0.2, -0.15) is 0 Å². The molecule has 1 aromatic carbocycles. The van der Waals surface area contributed by atoms with Crippen molar-refractivity contribution in [2.45, 2.75) is 25.2 Å². The van der Waals surface area contributed by atoms with Crippen LogP contribution in [0, 0.1) is 16.0 Å². The van der Waals surface area contributed by atoms with Crippen LogP contribution in [0.2, 0.25) is 0 Å². The molecule has 1 heterocycles. The molecule has 25 heavy (non-hydrogen) atoms. The third kappa shape index (κ3) is 4.28. The SMILES string of the molecule is CC(C)C(=O)N1CCCN(c2cccc(S(C)(=O)=O)c2[N+](=O)[O-])CC1. The Labute approximate surface area is 147 Å². The van der Waals surface area contributed by atoms with Crippen molar-refractivity contribution in [1.82, 2.24) is 4.90 Å². The lowest BCUT2D eigenvalue weighted by molar-refractivity contribution is -0.387. The van der Waals surface area contributed by atoms with E-state index in [1.54, 1.807) is 15.9 Å². The van der Waals surface area contributed by atoms with Gasteiger partial charge in [0.05, 0.1) is 4.92 Å². The minimum atomic E-state index is -3.72. The van der Waals surface area contributed by atoms with Gasteiger partial charge in [-0.1, -0.05) is 19.9 Å². The maximum Gasteiger partial charge on any atom is 0.311 e. The highest BCUT2D eigenvalue weighted by molar-refractivity contribution is 7.90. The predicted octanol–water partition coefficient (Wildman–Crippen LogP) is 1.69. The lowest BCUT2D eigenvalue weighted by Gasteiger charge is -2.24. The van der Waals surface area contributed by atoms with Crippen molar-refractivity contribution in [2.24, 2.45) is 5.92 Å². The van der Waals surface area contributed by atoms with E-state index in [1.165, 1.54) is 12.1 Å². The minimum absolute atomic E-state index is 0.0567. The summed E-state index contributed by atoms with van der Waals surface area (Å²) in [6.07, 6.45) is 1.63. The summed E-state index contributed by atoms with van der Waals surface area (Å²) in [5, 5.41) is 11.5. The highest BCUT2D eigenvalue weighted by atomic mass is 32.2. The Morgan fingerprint density at radius 1 is 1.20 bits per heavy atom. The van der Waals surface area contributed by atoms with Gasteiger partial charge < -0.3 is 9.80 Å². The van der Waals surface area contributed by atoms with Crippen molar-refractivity contribution in [1.29, 1.82) is 0 Å². The summed E-state index contributed by atoms with van der Waals surface area (Å²) in [6, 6.07) is 4.33. The van der Waals surface area contributed by atoms with Gasteiger partial charge in [-0.3, -0.25) is 14.9 Å². The summed E-state index contributed by atoms with van der Waals surface area (Å²) in [7, 11) is -3.72. The molecule has 0 saturated carbocycles. The maximum absolute atomic E-state index is 12.2. The highest BCUT2D eigenvalue weighted by Crippen LogP contribution is 2.35. The van der Waals surface area contributed by atoms with Crippen molar-refractivity contribution in [3.63, 3.8) is 0 Å². The fourth-order valence-electron chi connectivity index (χ4n) is 2.99. The number of para-hydroxylation sites is 1. The van der Waals surface area contributed by atoms with E-state index in [-0.39, 0.29) is 22.4 Å². The highest BCUT2D eigenvalue weighted by Gasteiger charge is 2.30. The molecule has 1 aromatic rings. The largest absolute Gasteiger partial charge is 0.364 e. The molecule has 9 heteroatoms. The lowest BCUT2D eigenvalue weighted by Crippen LogP contribution is -2.37. The van der Waals surface area contributed by atoms with Crippen molar-refractivity contribution >= 4 is 27.1 Å². The van der Waals surface area contributed by atoms with Crippen LogP contribution < -0.4 is 4.90 Å².